The largest absolute Gasteiger partial charge is 0.478 e. The number of rotatable bonds is 2. The fraction of sp³-hybridized carbons (Fsp3) is 0.333. The van der Waals surface area contributed by atoms with Crippen LogP contribution in [0.15, 0.2) is 24.3 Å². The topological polar surface area (TPSA) is 78.4 Å². The molecule has 0 spiro atoms. The first kappa shape index (κ1) is 11.6. The monoisotopic (exact) mass is 234 g/mol. The van der Waals surface area contributed by atoms with E-state index in [9.17, 15) is 9.59 Å². The van der Waals surface area contributed by atoms with E-state index in [4.69, 9.17) is 5.11 Å². The summed E-state index contributed by atoms with van der Waals surface area (Å²) >= 11 is 0. The molecule has 5 heteroatoms. The average Bonchev–Trinajstić information content (AvgIpc) is 2.29. The Morgan fingerprint density at radius 2 is 2.00 bits per heavy atom. The molecular weight excluding hydrogens is 220 g/mol. The van der Waals surface area contributed by atoms with Crippen molar-refractivity contribution >= 4 is 11.9 Å². The van der Waals surface area contributed by atoms with E-state index >= 15 is 0 Å². The third-order valence-corrected chi connectivity index (χ3v) is 2.77. The number of carboxylic acid groups (broad SMARTS) is 1. The molecule has 0 aliphatic carbocycles. The molecule has 90 valence electrons. The molecule has 2 rings (SSSR count). The quantitative estimate of drug-likeness (QED) is 0.697. The second-order valence-corrected chi connectivity index (χ2v) is 4.18. The molecule has 1 amide bonds. The second kappa shape index (κ2) is 4.55. The Bertz CT molecular complexity index is 442. The Labute approximate surface area is 98.8 Å². The summed E-state index contributed by atoms with van der Waals surface area (Å²) in [5.41, 5.74) is 0.998. The van der Waals surface area contributed by atoms with Crippen molar-refractivity contribution in [3.63, 3.8) is 0 Å². The van der Waals surface area contributed by atoms with Crippen LogP contribution in [0.1, 0.15) is 28.9 Å². The van der Waals surface area contributed by atoms with Gasteiger partial charge >= 0.3 is 5.97 Å². The van der Waals surface area contributed by atoms with Crippen LogP contribution in [0.3, 0.4) is 0 Å². The van der Waals surface area contributed by atoms with Crippen molar-refractivity contribution in [2.45, 2.75) is 19.0 Å². The van der Waals surface area contributed by atoms with Gasteiger partial charge in [0.25, 0.3) is 0 Å². The number of nitrogens with one attached hydrogen (secondary N) is 2. The number of hydrogen-bond donors (Lipinski definition) is 3. The molecule has 0 aromatic heterocycles. The van der Waals surface area contributed by atoms with Gasteiger partial charge in [0.2, 0.25) is 5.91 Å². The molecule has 1 aromatic rings. The van der Waals surface area contributed by atoms with Crippen molar-refractivity contribution in [3.8, 4) is 0 Å². The lowest BCUT2D eigenvalue weighted by molar-refractivity contribution is -0.125. The molecule has 1 aliphatic rings. The van der Waals surface area contributed by atoms with E-state index in [0.717, 1.165) is 5.56 Å². The highest BCUT2D eigenvalue weighted by Crippen LogP contribution is 2.16. The highest BCUT2D eigenvalue weighted by atomic mass is 16.4. The summed E-state index contributed by atoms with van der Waals surface area (Å²) in [6.45, 7) is 2.63. The summed E-state index contributed by atoms with van der Waals surface area (Å²) < 4.78 is 0. The van der Waals surface area contributed by atoms with Gasteiger partial charge in [-0.15, -0.1) is 0 Å². The molecule has 5 nitrogen and oxygen atoms in total. The van der Waals surface area contributed by atoms with Crippen molar-refractivity contribution in [1.82, 2.24) is 10.6 Å². The van der Waals surface area contributed by atoms with Crippen LogP contribution >= 0.6 is 0 Å². The number of piperazine rings is 1. The number of aromatic carboxylic acids is 1. The number of amides is 1. The highest BCUT2D eigenvalue weighted by Gasteiger charge is 2.26. The predicted octanol–water partition coefficient (Wildman–Crippen LogP) is 0.534. The van der Waals surface area contributed by atoms with Crippen LogP contribution in [0.2, 0.25) is 0 Å². The van der Waals surface area contributed by atoms with Gasteiger partial charge in [-0.25, -0.2) is 4.79 Å². The first-order valence-electron chi connectivity index (χ1n) is 5.45. The molecular formula is C12H14N2O3. The van der Waals surface area contributed by atoms with Crippen molar-refractivity contribution in [3.05, 3.63) is 35.4 Å². The zero-order valence-corrected chi connectivity index (χ0v) is 9.43. The van der Waals surface area contributed by atoms with E-state index in [-0.39, 0.29) is 17.5 Å². The highest BCUT2D eigenvalue weighted by molar-refractivity contribution is 5.88. The van der Waals surface area contributed by atoms with E-state index in [1.54, 1.807) is 12.1 Å². The van der Waals surface area contributed by atoms with Crippen LogP contribution < -0.4 is 10.6 Å². The normalized spacial score (nSPS) is 24.2. The maximum atomic E-state index is 11.7. The van der Waals surface area contributed by atoms with Crippen LogP contribution in [0.5, 0.6) is 0 Å². The fourth-order valence-corrected chi connectivity index (χ4v) is 1.85. The van der Waals surface area contributed by atoms with Gasteiger partial charge < -0.3 is 15.7 Å². The van der Waals surface area contributed by atoms with E-state index in [1.807, 2.05) is 6.92 Å². The Morgan fingerprint density at radius 1 is 1.35 bits per heavy atom. The fourth-order valence-electron chi connectivity index (χ4n) is 1.85. The molecule has 0 radical (unpaired) electrons. The Morgan fingerprint density at radius 3 is 2.53 bits per heavy atom. The molecule has 0 saturated carbocycles. The van der Waals surface area contributed by atoms with Crippen molar-refractivity contribution in [1.29, 1.82) is 0 Å². The van der Waals surface area contributed by atoms with Crippen LogP contribution in [0.4, 0.5) is 0 Å². The van der Waals surface area contributed by atoms with Gasteiger partial charge in [-0.1, -0.05) is 12.1 Å². The number of hydrogen-bond acceptors (Lipinski definition) is 3. The standard InChI is InChI=1S/C12H14N2O3/c1-7-6-13-10(11(15)14-7)8-2-4-9(5-3-8)12(16)17/h2-5,7,10,13H,6H2,1H3,(H,14,15)(H,16,17)/t7-,10+/m1/s1. The summed E-state index contributed by atoms with van der Waals surface area (Å²) in [7, 11) is 0. The number of carbonyl (C=O) groups excluding carboxylic acids is 1. The number of benzene rings is 1. The van der Waals surface area contributed by atoms with Gasteiger partial charge in [0.15, 0.2) is 0 Å². The Hall–Kier alpha value is -1.88. The number of carboxylic acids is 1. The SMILES string of the molecule is C[C@@H]1CN[C@@H](c2ccc(C(=O)O)cc2)C(=O)N1. The predicted molar refractivity (Wildman–Crippen MR) is 61.7 cm³/mol. The molecule has 0 unspecified atom stereocenters. The lowest BCUT2D eigenvalue weighted by Gasteiger charge is -2.28. The smallest absolute Gasteiger partial charge is 0.335 e. The van der Waals surface area contributed by atoms with Gasteiger partial charge in [-0.05, 0) is 24.6 Å². The molecule has 2 atom stereocenters. The Balaban J connectivity index is 2.17. The molecule has 1 aromatic carbocycles. The zero-order chi connectivity index (χ0) is 12.4. The van der Waals surface area contributed by atoms with Crippen molar-refractivity contribution in [2.24, 2.45) is 0 Å². The van der Waals surface area contributed by atoms with Crippen LogP contribution in [-0.4, -0.2) is 29.6 Å². The van der Waals surface area contributed by atoms with Gasteiger partial charge in [-0.3, -0.25) is 4.79 Å². The number of carbonyl (C=O) groups is 2. The Kier molecular flexibility index (Phi) is 3.10. The summed E-state index contributed by atoms with van der Waals surface area (Å²) in [6, 6.07) is 6.06. The van der Waals surface area contributed by atoms with E-state index in [2.05, 4.69) is 10.6 Å². The van der Waals surface area contributed by atoms with Gasteiger partial charge in [-0.2, -0.15) is 0 Å². The molecule has 3 N–H and O–H groups in total. The molecule has 1 saturated heterocycles. The minimum absolute atomic E-state index is 0.0770. The summed E-state index contributed by atoms with van der Waals surface area (Å²) in [5.74, 6) is -1.04. The third-order valence-electron chi connectivity index (χ3n) is 2.77. The molecule has 1 heterocycles. The summed E-state index contributed by atoms with van der Waals surface area (Å²) in [6.07, 6.45) is 0. The lowest BCUT2D eigenvalue weighted by Crippen LogP contribution is -2.52. The van der Waals surface area contributed by atoms with Crippen LogP contribution in [-0.2, 0) is 4.79 Å². The van der Waals surface area contributed by atoms with Gasteiger partial charge in [0.05, 0.1) is 5.56 Å². The second-order valence-electron chi connectivity index (χ2n) is 4.18. The zero-order valence-electron chi connectivity index (χ0n) is 9.43. The lowest BCUT2D eigenvalue weighted by atomic mass is 10.0. The molecule has 0 bridgehead atoms. The molecule has 1 fully saturated rings. The van der Waals surface area contributed by atoms with Crippen LogP contribution in [0, 0.1) is 0 Å². The van der Waals surface area contributed by atoms with Crippen molar-refractivity contribution < 1.29 is 14.7 Å². The first-order valence-corrected chi connectivity index (χ1v) is 5.45. The first-order chi connectivity index (χ1) is 8.08. The van der Waals surface area contributed by atoms with Crippen molar-refractivity contribution in [2.75, 3.05) is 6.54 Å². The van der Waals surface area contributed by atoms with Gasteiger partial charge in [0, 0.05) is 12.6 Å². The third kappa shape index (κ3) is 2.45. The average molecular weight is 234 g/mol. The maximum absolute atomic E-state index is 11.7. The maximum Gasteiger partial charge on any atom is 0.335 e. The molecule has 17 heavy (non-hydrogen) atoms. The van der Waals surface area contributed by atoms with Gasteiger partial charge in [0.1, 0.15) is 6.04 Å². The summed E-state index contributed by atoms with van der Waals surface area (Å²) in [4.78, 5) is 22.4. The molecule has 1 aliphatic heterocycles. The van der Waals surface area contributed by atoms with E-state index in [1.165, 1.54) is 12.1 Å². The van der Waals surface area contributed by atoms with E-state index < -0.39 is 12.0 Å². The minimum Gasteiger partial charge on any atom is -0.478 e. The van der Waals surface area contributed by atoms with Crippen LogP contribution in [0.25, 0.3) is 0 Å². The van der Waals surface area contributed by atoms with E-state index in [0.29, 0.717) is 6.54 Å². The minimum atomic E-state index is -0.966. The summed E-state index contributed by atoms with van der Waals surface area (Å²) in [5, 5.41) is 14.7.